The average Bonchev–Trinajstić information content (AvgIpc) is 1.69. The summed E-state index contributed by atoms with van der Waals surface area (Å²) in [5.41, 5.74) is 6.08. The molecule has 43 valence electrons. The number of hydrogen-bond donors (Lipinski definition) is 1. The fourth-order valence-electron chi connectivity index (χ4n) is 0. The summed E-state index contributed by atoms with van der Waals surface area (Å²) in [6.07, 6.45) is -0.111. The molecule has 0 saturated heterocycles. The first-order chi connectivity index (χ1) is 3.33. The Labute approximate surface area is 73.0 Å². The first-order valence-electron chi connectivity index (χ1n) is 1.43. The predicted molar refractivity (Wildman–Crippen MR) is 24.0 cm³/mol. The third-order valence-corrected chi connectivity index (χ3v) is 0.0833. The van der Waals surface area contributed by atoms with Gasteiger partial charge < -0.3 is 9.90 Å². The second-order valence-electron chi connectivity index (χ2n) is 0.462. The fourth-order valence-corrected chi connectivity index (χ4v) is 0. The molecule has 0 aliphatic rings. The van der Waals surface area contributed by atoms with E-state index in [4.69, 9.17) is 20.3 Å². The van der Waals surface area contributed by atoms with Crippen LogP contribution in [0, 0.1) is 0 Å². The molecule has 6 heteroatoms. The van der Waals surface area contributed by atoms with Crippen molar-refractivity contribution < 1.29 is 47.3 Å². The predicted octanol–water partition coefficient (Wildman–Crippen LogP) is -0.345. The van der Waals surface area contributed by atoms with E-state index in [2.05, 4.69) is 0 Å². The van der Waals surface area contributed by atoms with Crippen LogP contribution >= 0.6 is 0 Å². The molecule has 0 aromatic carbocycles. The van der Waals surface area contributed by atoms with Crippen LogP contribution in [-0.4, -0.2) is 25.2 Å². The molecule has 2 N–H and O–H groups in total. The van der Waals surface area contributed by atoms with E-state index in [9.17, 15) is 0 Å². The van der Waals surface area contributed by atoms with Gasteiger partial charge in [-0.2, -0.15) is 0 Å². The Bertz CT molecular complexity index is 52.5. The molecule has 4 nitrogen and oxygen atoms in total. The normalized spacial score (nSPS) is 4.12. The Morgan fingerprint density at radius 3 is 1.88 bits per heavy atom. The third kappa shape index (κ3) is 95.3. The van der Waals surface area contributed by atoms with E-state index >= 15 is 0 Å². The van der Waals surface area contributed by atoms with Gasteiger partial charge in [0.25, 0.3) is 0 Å². The molecule has 1 radical (unpaired) electrons. The van der Waals surface area contributed by atoms with Gasteiger partial charge in [-0.3, -0.25) is 0 Å². The molecule has 0 saturated carbocycles. The molecule has 0 aliphatic heterocycles. The molecule has 0 aromatic rings. The van der Waals surface area contributed by atoms with Gasteiger partial charge in [0, 0.05) is 32.7 Å². The summed E-state index contributed by atoms with van der Waals surface area (Å²) in [5.74, 6) is 0. The molecule has 0 spiro atoms. The molecule has 0 atom stereocenters. The van der Waals surface area contributed by atoms with Gasteiger partial charge in [-0.1, -0.05) is 6.47 Å². The number of nitrogens with one attached hydrogen (secondary N) is 1. The van der Waals surface area contributed by atoms with Crippen molar-refractivity contribution in [3.63, 3.8) is 0 Å². The van der Waals surface area contributed by atoms with Crippen LogP contribution in [0.1, 0.15) is 0 Å². The first kappa shape index (κ1) is 15.8. The number of aliphatic hydroxyl groups excluding tert-OH is 1. The minimum absolute atomic E-state index is 0. The Balaban J connectivity index is -0.0000000575. The van der Waals surface area contributed by atoms with E-state index in [-0.39, 0.29) is 39.2 Å². The molecule has 0 amide bonds. The molecule has 0 aliphatic carbocycles. The van der Waals surface area contributed by atoms with E-state index in [1.807, 2.05) is 0 Å². The Kier molecular flexibility index (Phi) is 51.7. The van der Waals surface area contributed by atoms with Crippen LogP contribution in [0.15, 0.2) is 0 Å². The molecule has 8 heavy (non-hydrogen) atoms. The average molecular weight is 190 g/mol. The van der Waals surface area contributed by atoms with Crippen LogP contribution in [0.25, 0.3) is 5.73 Å². The van der Waals surface area contributed by atoms with Crippen molar-refractivity contribution in [1.82, 2.24) is 0 Å². The van der Waals surface area contributed by atoms with Crippen LogP contribution < -0.4 is 0 Å². The van der Waals surface area contributed by atoms with Crippen LogP contribution in [0.2, 0.25) is 0 Å². The molecule has 0 heterocycles. The minimum atomic E-state index is -0.111. The third-order valence-electron chi connectivity index (χ3n) is 0.0833. The summed E-state index contributed by atoms with van der Waals surface area (Å²) in [5, 5.41) is 6.76. The van der Waals surface area contributed by atoms with Crippen molar-refractivity contribution in [1.29, 1.82) is 0 Å². The van der Waals surface area contributed by atoms with Gasteiger partial charge in [-0.15, -0.1) is 0 Å². The molecule has 0 rings (SSSR count). The zero-order valence-corrected chi connectivity index (χ0v) is 6.96. The van der Waals surface area contributed by atoms with Crippen LogP contribution in [0.5, 0.6) is 0 Å². The van der Waals surface area contributed by atoms with Crippen molar-refractivity contribution in [2.45, 2.75) is 0 Å². The number of hydrogen-bond acceptors (Lipinski definition) is 2. The van der Waals surface area contributed by atoms with Crippen molar-refractivity contribution in [2.75, 3.05) is 6.44 Å². The summed E-state index contributed by atoms with van der Waals surface area (Å²) in [4.78, 5) is 8.24. The Morgan fingerprint density at radius 1 is 1.75 bits per heavy atom. The van der Waals surface area contributed by atoms with Crippen molar-refractivity contribution in [3.05, 3.63) is 5.73 Å². The minimum Gasteiger partial charge on any atom is 0 e. The second kappa shape index (κ2) is 26.2. The zero-order chi connectivity index (χ0) is 6.12. The monoisotopic (exact) mass is 190 g/mol. The van der Waals surface area contributed by atoms with Gasteiger partial charge in [0.1, 0.15) is 0 Å². The van der Waals surface area contributed by atoms with Crippen LogP contribution in [0.4, 0.5) is 0 Å². The van der Waals surface area contributed by atoms with E-state index in [1.54, 1.807) is 0 Å². The van der Waals surface area contributed by atoms with Gasteiger partial charge in [0.05, 0.1) is 0 Å². The van der Waals surface area contributed by atoms with E-state index in [1.165, 1.54) is 0 Å². The Morgan fingerprint density at radius 2 is 1.88 bits per heavy atom. The molecular formula is C2H4BNO3Y-2. The van der Waals surface area contributed by atoms with E-state index in [0.717, 1.165) is 0 Å². The first-order valence-corrected chi connectivity index (χ1v) is 1.43. The summed E-state index contributed by atoms with van der Waals surface area (Å²) in [6.45, 7) is 0.500. The van der Waals surface area contributed by atoms with Crippen molar-refractivity contribution in [2.24, 2.45) is 0 Å². The van der Waals surface area contributed by atoms with E-state index < -0.39 is 0 Å². The second-order valence-corrected chi connectivity index (χ2v) is 0.462. The molecular weight excluding hydrogens is 186 g/mol. The topological polar surface area (TPSA) is 78.2 Å². The summed E-state index contributed by atoms with van der Waals surface area (Å²) >= 11 is 0. The smallest absolute Gasteiger partial charge is 0 e. The van der Waals surface area contributed by atoms with E-state index in [0.29, 0.717) is 13.6 Å². The van der Waals surface area contributed by atoms with Gasteiger partial charge in [-0.25, -0.2) is 0 Å². The number of rotatable bonds is 1. The quantitative estimate of drug-likeness (QED) is 0.453. The maximum Gasteiger partial charge on any atom is 0 e. The van der Waals surface area contributed by atoms with Crippen LogP contribution in [-0.2, 0) is 42.2 Å². The van der Waals surface area contributed by atoms with Gasteiger partial charge in [0.15, 0.2) is 0 Å². The SMILES string of the molecule is O=[C-]O.[NH-]CB=O.[Y]. The molecule has 0 aromatic heterocycles. The van der Waals surface area contributed by atoms with Crippen LogP contribution in [0.3, 0.4) is 0 Å². The Hall–Kier alpha value is 0.399. The molecule has 0 bridgehead atoms. The van der Waals surface area contributed by atoms with Gasteiger partial charge >= 0.3 is 24.0 Å². The fraction of sp³-hybridized carbons (Fsp3) is 0.500. The molecule has 0 fully saturated rings. The standard InChI is InChI=1S/CH3BNO.CHO2.Y/c3-1-2-4;2-1-3;/h3H,1H2;(H,2,3);/q2*-1;. The van der Waals surface area contributed by atoms with Gasteiger partial charge in [0.2, 0.25) is 0 Å². The van der Waals surface area contributed by atoms with Crippen molar-refractivity contribution >= 4 is 13.6 Å². The van der Waals surface area contributed by atoms with Gasteiger partial charge in [-0.05, 0) is 0 Å². The van der Waals surface area contributed by atoms with Crippen molar-refractivity contribution in [3.8, 4) is 0 Å². The largest absolute Gasteiger partial charge is 0 e. The zero-order valence-electron chi connectivity index (χ0n) is 4.13. The summed E-state index contributed by atoms with van der Waals surface area (Å²) in [7, 11) is 0.542. The molecule has 0 unspecified atom stereocenters. The maximum atomic E-state index is 8.99. The maximum absolute atomic E-state index is 8.99. The summed E-state index contributed by atoms with van der Waals surface area (Å²) in [6, 6.07) is 0. The summed E-state index contributed by atoms with van der Waals surface area (Å²) < 4.78 is 8.99.